The van der Waals surface area contributed by atoms with Crippen molar-refractivity contribution in [3.8, 4) is 0 Å². The molecule has 0 fully saturated rings. The van der Waals surface area contributed by atoms with Crippen LogP contribution in [0.25, 0.3) is 0 Å². The monoisotopic (exact) mass is 317 g/mol. The fourth-order valence-corrected chi connectivity index (χ4v) is 2.12. The summed E-state index contributed by atoms with van der Waals surface area (Å²) in [5, 5.41) is 2.80. The number of alkyl halides is 3. The summed E-state index contributed by atoms with van der Waals surface area (Å²) in [6, 6.07) is 4.56. The highest BCUT2D eigenvalue weighted by molar-refractivity contribution is 5.76. The molecule has 1 aromatic carbocycles. The molecule has 6 heteroatoms. The fraction of sp³-hybridized carbons (Fsp3) is 0.562. The number of methoxy groups -OCH3 is 1. The third-order valence-electron chi connectivity index (χ3n) is 3.25. The molecule has 0 saturated carbocycles. The number of amides is 1. The number of halogens is 3. The largest absolute Gasteiger partial charge is 0.416 e. The number of benzene rings is 1. The zero-order valence-corrected chi connectivity index (χ0v) is 13.3. The maximum absolute atomic E-state index is 12.9. The van der Waals surface area contributed by atoms with Crippen molar-refractivity contribution in [1.29, 1.82) is 0 Å². The minimum Gasteiger partial charge on any atom is -0.384 e. The van der Waals surface area contributed by atoms with Crippen LogP contribution >= 0.6 is 0 Å². The summed E-state index contributed by atoms with van der Waals surface area (Å²) in [5.74, 6) is -0.251. The van der Waals surface area contributed by atoms with Gasteiger partial charge in [-0.25, -0.2) is 0 Å². The van der Waals surface area contributed by atoms with Gasteiger partial charge in [0.1, 0.15) is 0 Å². The second-order valence-electron chi connectivity index (χ2n) is 6.23. The van der Waals surface area contributed by atoms with Gasteiger partial charge >= 0.3 is 6.18 Å². The van der Waals surface area contributed by atoms with E-state index in [-0.39, 0.29) is 18.9 Å². The SMILES string of the molecule is COCCC(=O)NC(c1cccc(C(F)(F)F)c1)C(C)(C)C. The summed E-state index contributed by atoms with van der Waals surface area (Å²) in [6.07, 6.45) is -4.24. The summed E-state index contributed by atoms with van der Waals surface area (Å²) in [5.41, 5.74) is -0.703. The van der Waals surface area contributed by atoms with Crippen LogP contribution < -0.4 is 5.32 Å². The van der Waals surface area contributed by atoms with Gasteiger partial charge in [0.15, 0.2) is 0 Å². The van der Waals surface area contributed by atoms with E-state index in [1.165, 1.54) is 13.2 Å². The molecule has 0 saturated heterocycles. The van der Waals surface area contributed by atoms with E-state index in [1.54, 1.807) is 6.07 Å². The van der Waals surface area contributed by atoms with Gasteiger partial charge in [-0.1, -0.05) is 32.9 Å². The lowest BCUT2D eigenvalue weighted by atomic mass is 9.82. The van der Waals surface area contributed by atoms with Gasteiger partial charge in [0.25, 0.3) is 0 Å². The van der Waals surface area contributed by atoms with Crippen molar-refractivity contribution in [3.63, 3.8) is 0 Å². The number of hydrogen-bond donors (Lipinski definition) is 1. The molecule has 3 nitrogen and oxygen atoms in total. The molecule has 1 N–H and O–H groups in total. The Balaban J connectivity index is 3.06. The van der Waals surface area contributed by atoms with E-state index in [0.29, 0.717) is 5.56 Å². The van der Waals surface area contributed by atoms with Crippen molar-refractivity contribution in [1.82, 2.24) is 5.32 Å². The molecular weight excluding hydrogens is 295 g/mol. The van der Waals surface area contributed by atoms with Gasteiger partial charge in [-0.15, -0.1) is 0 Å². The Morgan fingerprint density at radius 1 is 1.27 bits per heavy atom. The maximum atomic E-state index is 12.9. The first-order valence-corrected chi connectivity index (χ1v) is 7.01. The van der Waals surface area contributed by atoms with Crippen LogP contribution in [0.2, 0.25) is 0 Å². The van der Waals surface area contributed by atoms with E-state index in [4.69, 9.17) is 4.74 Å². The van der Waals surface area contributed by atoms with E-state index in [2.05, 4.69) is 5.32 Å². The minimum absolute atomic E-state index is 0.169. The van der Waals surface area contributed by atoms with E-state index >= 15 is 0 Å². The van der Waals surface area contributed by atoms with Crippen LogP contribution in [0.5, 0.6) is 0 Å². The third-order valence-corrected chi connectivity index (χ3v) is 3.25. The van der Waals surface area contributed by atoms with Gasteiger partial charge in [0, 0.05) is 13.5 Å². The van der Waals surface area contributed by atoms with Crippen molar-refractivity contribution in [2.75, 3.05) is 13.7 Å². The molecule has 1 atom stereocenters. The summed E-state index contributed by atoms with van der Waals surface area (Å²) in [4.78, 5) is 11.9. The predicted molar refractivity (Wildman–Crippen MR) is 78.3 cm³/mol. The smallest absolute Gasteiger partial charge is 0.384 e. The third kappa shape index (κ3) is 5.33. The highest BCUT2D eigenvalue weighted by Crippen LogP contribution is 2.36. The second kappa shape index (κ2) is 7.13. The summed E-state index contributed by atoms with van der Waals surface area (Å²) < 4.78 is 43.4. The molecule has 0 aromatic heterocycles. The highest BCUT2D eigenvalue weighted by atomic mass is 19.4. The van der Waals surface area contributed by atoms with Gasteiger partial charge in [-0.05, 0) is 23.1 Å². The number of nitrogens with one attached hydrogen (secondary N) is 1. The lowest BCUT2D eigenvalue weighted by Crippen LogP contribution is -2.37. The van der Waals surface area contributed by atoms with Gasteiger partial charge in [-0.2, -0.15) is 13.2 Å². The van der Waals surface area contributed by atoms with Gasteiger partial charge < -0.3 is 10.1 Å². The molecule has 0 radical (unpaired) electrons. The number of carbonyl (C=O) groups excluding carboxylic acids is 1. The standard InChI is InChI=1S/C16H22F3NO2/c1-15(2,3)14(20-13(21)8-9-22-4)11-6-5-7-12(10-11)16(17,18)19/h5-7,10,14H,8-9H2,1-4H3,(H,20,21). The number of hydrogen-bond acceptors (Lipinski definition) is 2. The van der Waals surface area contributed by atoms with Crippen LogP contribution in [0.3, 0.4) is 0 Å². The Bertz CT molecular complexity index is 507. The van der Waals surface area contributed by atoms with E-state index < -0.39 is 23.2 Å². The molecule has 1 amide bonds. The van der Waals surface area contributed by atoms with Crippen LogP contribution in [0, 0.1) is 5.41 Å². The topological polar surface area (TPSA) is 38.3 Å². The first-order chi connectivity index (χ1) is 10.1. The minimum atomic E-state index is -4.40. The Hall–Kier alpha value is -1.56. The van der Waals surface area contributed by atoms with E-state index in [9.17, 15) is 18.0 Å². The molecule has 124 valence electrons. The molecule has 0 heterocycles. The zero-order valence-electron chi connectivity index (χ0n) is 13.3. The first-order valence-electron chi connectivity index (χ1n) is 7.01. The molecule has 1 unspecified atom stereocenters. The van der Waals surface area contributed by atoms with E-state index in [0.717, 1.165) is 12.1 Å². The Kier molecular flexibility index (Phi) is 6.00. The second-order valence-corrected chi connectivity index (χ2v) is 6.23. The van der Waals surface area contributed by atoms with Crippen LogP contribution in [-0.4, -0.2) is 19.6 Å². The van der Waals surface area contributed by atoms with Crippen molar-refractivity contribution < 1.29 is 22.7 Å². The zero-order chi connectivity index (χ0) is 17.0. The average Bonchev–Trinajstić information content (AvgIpc) is 2.40. The normalized spacial score (nSPS) is 13.8. The molecule has 1 rings (SSSR count). The van der Waals surface area contributed by atoms with Crippen LogP contribution in [0.15, 0.2) is 24.3 Å². The Labute approximate surface area is 128 Å². The Morgan fingerprint density at radius 3 is 2.41 bits per heavy atom. The molecule has 0 spiro atoms. The lowest BCUT2D eigenvalue weighted by Gasteiger charge is -2.32. The molecule has 0 bridgehead atoms. The van der Waals surface area contributed by atoms with Gasteiger partial charge in [-0.3, -0.25) is 4.79 Å². The van der Waals surface area contributed by atoms with Crippen molar-refractivity contribution in [3.05, 3.63) is 35.4 Å². The number of rotatable bonds is 5. The Morgan fingerprint density at radius 2 is 1.91 bits per heavy atom. The fourth-order valence-electron chi connectivity index (χ4n) is 2.12. The van der Waals surface area contributed by atoms with Crippen molar-refractivity contribution >= 4 is 5.91 Å². The average molecular weight is 317 g/mol. The van der Waals surface area contributed by atoms with Gasteiger partial charge in [0.2, 0.25) is 5.91 Å². The molecular formula is C16H22F3NO2. The number of ether oxygens (including phenoxy) is 1. The van der Waals surface area contributed by atoms with Crippen molar-refractivity contribution in [2.24, 2.45) is 5.41 Å². The lowest BCUT2D eigenvalue weighted by molar-refractivity contribution is -0.137. The van der Waals surface area contributed by atoms with Gasteiger partial charge in [0.05, 0.1) is 18.2 Å². The maximum Gasteiger partial charge on any atom is 0.416 e. The molecule has 0 aliphatic heterocycles. The predicted octanol–water partition coefficient (Wildman–Crippen LogP) is 3.95. The molecule has 22 heavy (non-hydrogen) atoms. The molecule has 1 aromatic rings. The molecule has 0 aliphatic rings. The quantitative estimate of drug-likeness (QED) is 0.893. The summed E-state index contributed by atoms with van der Waals surface area (Å²) >= 11 is 0. The van der Waals surface area contributed by atoms with Crippen molar-refractivity contribution in [2.45, 2.75) is 39.4 Å². The number of carbonyl (C=O) groups is 1. The van der Waals surface area contributed by atoms with E-state index in [1.807, 2.05) is 20.8 Å². The summed E-state index contributed by atoms with van der Waals surface area (Å²) in [6.45, 7) is 5.88. The van der Waals surface area contributed by atoms with Crippen LogP contribution in [0.4, 0.5) is 13.2 Å². The molecule has 0 aliphatic carbocycles. The van der Waals surface area contributed by atoms with Crippen LogP contribution in [0.1, 0.15) is 44.4 Å². The summed E-state index contributed by atoms with van der Waals surface area (Å²) in [7, 11) is 1.49. The highest BCUT2D eigenvalue weighted by Gasteiger charge is 2.33. The van der Waals surface area contributed by atoms with Crippen LogP contribution in [-0.2, 0) is 15.7 Å². The first kappa shape index (κ1) is 18.5.